The van der Waals surface area contributed by atoms with Gasteiger partial charge in [0, 0.05) is 31.4 Å². The Morgan fingerprint density at radius 2 is 2.20 bits per heavy atom. The van der Waals surface area contributed by atoms with E-state index < -0.39 is 11.8 Å². The van der Waals surface area contributed by atoms with Crippen molar-refractivity contribution in [1.29, 1.82) is 0 Å². The summed E-state index contributed by atoms with van der Waals surface area (Å²) in [4.78, 5) is 15.3. The summed E-state index contributed by atoms with van der Waals surface area (Å²) in [7, 11) is 0. The molecule has 5 nitrogen and oxygen atoms in total. The lowest BCUT2D eigenvalue weighted by Gasteiger charge is -2.40. The Bertz CT molecular complexity index is 521. The van der Waals surface area contributed by atoms with Gasteiger partial charge in [0.25, 0.3) is 0 Å². The Labute approximate surface area is 117 Å². The molecule has 1 unspecified atom stereocenters. The van der Waals surface area contributed by atoms with Crippen molar-refractivity contribution in [1.82, 2.24) is 4.90 Å². The van der Waals surface area contributed by atoms with Crippen molar-refractivity contribution in [2.75, 3.05) is 36.8 Å². The molecular weight excluding hydrogens is 261 g/mol. The number of aromatic carboxylic acids is 1. The van der Waals surface area contributed by atoms with E-state index in [4.69, 9.17) is 10.8 Å². The molecule has 1 aromatic rings. The van der Waals surface area contributed by atoms with Gasteiger partial charge in [-0.1, -0.05) is 6.92 Å². The zero-order chi connectivity index (χ0) is 14.9. The van der Waals surface area contributed by atoms with Crippen LogP contribution < -0.4 is 10.6 Å². The molecule has 3 N–H and O–H groups in total. The zero-order valence-corrected chi connectivity index (χ0v) is 11.8. The lowest BCUT2D eigenvalue weighted by atomic mass is 10.1. The lowest BCUT2D eigenvalue weighted by molar-refractivity contribution is 0.0698. The summed E-state index contributed by atoms with van der Waals surface area (Å²) >= 11 is 0. The van der Waals surface area contributed by atoms with Crippen LogP contribution in [0.15, 0.2) is 12.1 Å². The zero-order valence-electron chi connectivity index (χ0n) is 11.8. The molecule has 0 amide bonds. The number of hydrogen-bond acceptors (Lipinski definition) is 4. The largest absolute Gasteiger partial charge is 0.478 e. The average Bonchev–Trinajstić information content (AvgIpc) is 2.38. The van der Waals surface area contributed by atoms with Crippen LogP contribution >= 0.6 is 0 Å². The number of carboxylic acid groups (broad SMARTS) is 1. The van der Waals surface area contributed by atoms with Gasteiger partial charge in [0.05, 0.1) is 11.3 Å². The molecule has 1 heterocycles. The maximum Gasteiger partial charge on any atom is 0.337 e. The topological polar surface area (TPSA) is 69.8 Å². The molecule has 1 aromatic carbocycles. The number of carbonyl (C=O) groups is 1. The predicted molar refractivity (Wildman–Crippen MR) is 76.7 cm³/mol. The summed E-state index contributed by atoms with van der Waals surface area (Å²) < 4.78 is 14.1. The van der Waals surface area contributed by atoms with Gasteiger partial charge in [-0.2, -0.15) is 0 Å². The van der Waals surface area contributed by atoms with Crippen LogP contribution in [-0.2, 0) is 0 Å². The SMILES string of the molecule is CCN1CCN(c2cc(C(=O)O)c(N)cc2F)CC1C. The molecule has 1 aliphatic rings. The molecular formula is C14H20FN3O2. The highest BCUT2D eigenvalue weighted by molar-refractivity contribution is 5.95. The fourth-order valence-corrected chi connectivity index (χ4v) is 2.69. The summed E-state index contributed by atoms with van der Waals surface area (Å²) in [5.41, 5.74) is 5.77. The number of carboxylic acids is 1. The molecule has 0 aliphatic carbocycles. The van der Waals surface area contributed by atoms with Gasteiger partial charge in [0.15, 0.2) is 0 Å². The van der Waals surface area contributed by atoms with Crippen molar-refractivity contribution >= 4 is 17.3 Å². The summed E-state index contributed by atoms with van der Waals surface area (Å²) in [5.74, 6) is -1.60. The minimum atomic E-state index is -1.14. The molecule has 0 aromatic heterocycles. The van der Waals surface area contributed by atoms with E-state index in [1.165, 1.54) is 6.07 Å². The standard InChI is InChI=1S/C14H20FN3O2/c1-3-17-4-5-18(8-9(17)2)13-6-10(14(19)20)12(16)7-11(13)15/h6-7,9H,3-5,8,16H2,1-2H3,(H,19,20). The van der Waals surface area contributed by atoms with Crippen molar-refractivity contribution in [2.45, 2.75) is 19.9 Å². The van der Waals surface area contributed by atoms with Crippen LogP contribution in [0.2, 0.25) is 0 Å². The Morgan fingerprint density at radius 1 is 1.50 bits per heavy atom. The number of halogens is 1. The molecule has 20 heavy (non-hydrogen) atoms. The van der Waals surface area contributed by atoms with Gasteiger partial charge < -0.3 is 15.7 Å². The lowest BCUT2D eigenvalue weighted by Crippen LogP contribution is -2.52. The molecule has 0 saturated carbocycles. The van der Waals surface area contributed by atoms with Crippen molar-refractivity contribution in [3.63, 3.8) is 0 Å². The van der Waals surface area contributed by atoms with Gasteiger partial charge in [-0.25, -0.2) is 9.18 Å². The van der Waals surface area contributed by atoms with E-state index in [0.29, 0.717) is 24.8 Å². The van der Waals surface area contributed by atoms with Gasteiger partial charge in [0.2, 0.25) is 0 Å². The molecule has 110 valence electrons. The van der Waals surface area contributed by atoms with Crippen LogP contribution in [0.4, 0.5) is 15.8 Å². The third kappa shape index (κ3) is 2.70. The molecule has 1 aliphatic heterocycles. The first kappa shape index (κ1) is 14.6. The number of nitrogens with two attached hydrogens (primary N) is 1. The van der Waals surface area contributed by atoms with E-state index in [9.17, 15) is 9.18 Å². The number of anilines is 2. The molecule has 0 radical (unpaired) electrons. The van der Waals surface area contributed by atoms with Crippen molar-refractivity contribution in [2.24, 2.45) is 0 Å². The highest BCUT2D eigenvalue weighted by Crippen LogP contribution is 2.27. The van der Waals surface area contributed by atoms with Gasteiger partial charge in [-0.05, 0) is 25.6 Å². The summed E-state index contributed by atoms with van der Waals surface area (Å²) in [5, 5.41) is 9.08. The van der Waals surface area contributed by atoms with E-state index in [0.717, 1.165) is 19.2 Å². The minimum Gasteiger partial charge on any atom is -0.478 e. The minimum absolute atomic E-state index is 0.0426. The van der Waals surface area contributed by atoms with Crippen molar-refractivity contribution in [3.05, 3.63) is 23.5 Å². The number of likely N-dealkylation sites (N-methyl/N-ethyl adjacent to an activating group) is 1. The third-order valence-electron chi connectivity index (χ3n) is 3.86. The molecule has 2 rings (SSSR count). The van der Waals surface area contributed by atoms with E-state index in [1.54, 1.807) is 0 Å². The van der Waals surface area contributed by atoms with Gasteiger partial charge in [0.1, 0.15) is 5.82 Å². The number of benzene rings is 1. The summed E-state index contributed by atoms with van der Waals surface area (Å²) in [6, 6.07) is 2.73. The second kappa shape index (κ2) is 5.66. The van der Waals surface area contributed by atoms with Crippen LogP contribution in [-0.4, -0.2) is 48.2 Å². The van der Waals surface area contributed by atoms with Gasteiger partial charge in [-0.15, -0.1) is 0 Å². The fourth-order valence-electron chi connectivity index (χ4n) is 2.69. The quantitative estimate of drug-likeness (QED) is 0.824. The second-order valence-corrected chi connectivity index (χ2v) is 5.12. The second-order valence-electron chi connectivity index (χ2n) is 5.12. The molecule has 0 spiro atoms. The highest BCUT2D eigenvalue weighted by Gasteiger charge is 2.25. The van der Waals surface area contributed by atoms with Crippen LogP contribution in [0, 0.1) is 5.82 Å². The number of nitrogen functional groups attached to an aromatic ring is 1. The maximum atomic E-state index is 14.1. The Morgan fingerprint density at radius 3 is 2.75 bits per heavy atom. The first-order chi connectivity index (χ1) is 9.43. The predicted octanol–water partition coefficient (Wildman–Crippen LogP) is 1.64. The van der Waals surface area contributed by atoms with Crippen molar-refractivity contribution < 1.29 is 14.3 Å². The first-order valence-electron chi connectivity index (χ1n) is 6.75. The Hall–Kier alpha value is -1.82. The van der Waals surface area contributed by atoms with Gasteiger partial charge >= 0.3 is 5.97 Å². The maximum absolute atomic E-state index is 14.1. The average molecular weight is 281 g/mol. The smallest absolute Gasteiger partial charge is 0.337 e. The summed E-state index contributed by atoms with van der Waals surface area (Å²) in [6.07, 6.45) is 0. The van der Waals surface area contributed by atoms with E-state index >= 15 is 0 Å². The summed E-state index contributed by atoms with van der Waals surface area (Å²) in [6.45, 7) is 7.33. The first-order valence-corrected chi connectivity index (χ1v) is 6.75. The van der Waals surface area contributed by atoms with E-state index in [1.807, 2.05) is 4.90 Å². The molecule has 1 saturated heterocycles. The normalized spacial score (nSPS) is 20.1. The van der Waals surface area contributed by atoms with Crippen LogP contribution in [0.1, 0.15) is 24.2 Å². The Kier molecular flexibility index (Phi) is 4.13. The molecule has 6 heteroatoms. The Balaban J connectivity index is 2.29. The molecule has 1 fully saturated rings. The monoisotopic (exact) mass is 281 g/mol. The van der Waals surface area contributed by atoms with Gasteiger partial charge in [-0.3, -0.25) is 4.90 Å². The van der Waals surface area contributed by atoms with Crippen molar-refractivity contribution in [3.8, 4) is 0 Å². The number of rotatable bonds is 3. The van der Waals surface area contributed by atoms with E-state index in [-0.39, 0.29) is 11.3 Å². The molecule has 0 bridgehead atoms. The number of hydrogen-bond donors (Lipinski definition) is 2. The fraction of sp³-hybridized carbons (Fsp3) is 0.500. The molecule has 1 atom stereocenters. The van der Waals surface area contributed by atoms with Crippen LogP contribution in [0.3, 0.4) is 0 Å². The van der Waals surface area contributed by atoms with Crippen LogP contribution in [0.25, 0.3) is 0 Å². The third-order valence-corrected chi connectivity index (χ3v) is 3.86. The van der Waals surface area contributed by atoms with E-state index in [2.05, 4.69) is 18.7 Å². The van der Waals surface area contributed by atoms with Crippen LogP contribution in [0.5, 0.6) is 0 Å². The highest BCUT2D eigenvalue weighted by atomic mass is 19.1. The number of piperazine rings is 1. The number of nitrogens with zero attached hydrogens (tertiary/aromatic N) is 2.